The molecule has 52 heavy (non-hydrogen) atoms. The highest BCUT2D eigenvalue weighted by molar-refractivity contribution is 5.80. The van der Waals surface area contributed by atoms with Crippen LogP contribution in [-0.4, -0.2) is 21.5 Å². The third kappa shape index (κ3) is 8.65. The summed E-state index contributed by atoms with van der Waals surface area (Å²) in [4.78, 5) is 19.8. The fourth-order valence-electron chi connectivity index (χ4n) is 5.83. The fraction of sp³-hybridized carbons (Fsp3) is 0.0426. The van der Waals surface area contributed by atoms with E-state index in [1.54, 1.807) is 12.2 Å². The number of anilines is 5. The number of rotatable bonds is 15. The van der Waals surface area contributed by atoms with Crippen molar-refractivity contribution in [3.05, 3.63) is 213 Å². The predicted octanol–water partition coefficient (Wildman–Crippen LogP) is 12.3. The SMILES string of the molecule is C=C/C=C\C=C/CCN(c1cccc(/C(C=C)=C/C=C)c1)c1nc(-c2ccccc2)nc(N(c2ccccc2)c2cccc(-c3ccccc3)c2)n1. The molecule has 0 unspecified atom stereocenters. The maximum absolute atomic E-state index is 5.28. The van der Waals surface area contributed by atoms with Crippen LogP contribution in [0.25, 0.3) is 28.1 Å². The van der Waals surface area contributed by atoms with Gasteiger partial charge in [0.1, 0.15) is 0 Å². The van der Waals surface area contributed by atoms with Gasteiger partial charge in [-0.3, -0.25) is 4.90 Å². The van der Waals surface area contributed by atoms with Crippen LogP contribution in [-0.2, 0) is 0 Å². The topological polar surface area (TPSA) is 45.2 Å². The van der Waals surface area contributed by atoms with Gasteiger partial charge in [0, 0.05) is 29.2 Å². The van der Waals surface area contributed by atoms with Gasteiger partial charge in [-0.25, -0.2) is 0 Å². The molecule has 0 aliphatic heterocycles. The zero-order chi connectivity index (χ0) is 36.0. The summed E-state index contributed by atoms with van der Waals surface area (Å²) in [5.74, 6) is 1.61. The Balaban J connectivity index is 1.55. The second kappa shape index (κ2) is 17.7. The number of nitrogens with zero attached hydrogens (tertiary/aromatic N) is 5. The van der Waals surface area contributed by atoms with E-state index in [4.69, 9.17) is 15.0 Å². The molecule has 1 aromatic heterocycles. The summed E-state index contributed by atoms with van der Waals surface area (Å²) in [5, 5.41) is 0. The van der Waals surface area contributed by atoms with Gasteiger partial charge in [0.2, 0.25) is 11.9 Å². The molecule has 0 spiro atoms. The van der Waals surface area contributed by atoms with Crippen molar-refractivity contribution in [2.24, 2.45) is 0 Å². The van der Waals surface area contributed by atoms with Crippen LogP contribution in [0.4, 0.5) is 29.0 Å². The minimum absolute atomic E-state index is 0.504. The average molecular weight is 676 g/mol. The number of allylic oxidation sites excluding steroid dienone is 8. The molecule has 254 valence electrons. The van der Waals surface area contributed by atoms with Crippen molar-refractivity contribution in [2.75, 3.05) is 16.3 Å². The zero-order valence-electron chi connectivity index (χ0n) is 29.2. The Morgan fingerprint density at radius 3 is 1.88 bits per heavy atom. The monoisotopic (exact) mass is 675 g/mol. The van der Waals surface area contributed by atoms with Crippen LogP contribution >= 0.6 is 0 Å². The summed E-state index contributed by atoms with van der Waals surface area (Å²) in [7, 11) is 0. The summed E-state index contributed by atoms with van der Waals surface area (Å²) in [6.07, 6.45) is 16.1. The van der Waals surface area contributed by atoms with E-state index in [1.165, 1.54) is 0 Å². The number of benzene rings is 5. The smallest absolute Gasteiger partial charge is 0.240 e. The van der Waals surface area contributed by atoms with Gasteiger partial charge in [0.05, 0.1) is 0 Å². The van der Waals surface area contributed by atoms with Crippen LogP contribution in [0.5, 0.6) is 0 Å². The third-order valence-electron chi connectivity index (χ3n) is 8.33. The molecule has 6 rings (SSSR count). The van der Waals surface area contributed by atoms with Gasteiger partial charge in [-0.15, -0.1) is 0 Å². The molecule has 0 radical (unpaired) electrons. The van der Waals surface area contributed by atoms with Crippen molar-refractivity contribution in [1.29, 1.82) is 0 Å². The fourth-order valence-corrected chi connectivity index (χ4v) is 5.83. The summed E-state index contributed by atoms with van der Waals surface area (Å²) in [5.41, 5.74) is 7.91. The van der Waals surface area contributed by atoms with Gasteiger partial charge < -0.3 is 4.90 Å². The number of hydrogen-bond acceptors (Lipinski definition) is 5. The molecular formula is C47H41N5. The van der Waals surface area contributed by atoms with Crippen LogP contribution in [0.1, 0.15) is 12.0 Å². The molecule has 0 saturated heterocycles. The van der Waals surface area contributed by atoms with Crippen molar-refractivity contribution in [3.8, 4) is 22.5 Å². The van der Waals surface area contributed by atoms with E-state index in [-0.39, 0.29) is 0 Å². The second-order valence-electron chi connectivity index (χ2n) is 11.8. The lowest BCUT2D eigenvalue weighted by atomic mass is 10.0. The molecule has 5 heteroatoms. The highest BCUT2D eigenvalue weighted by atomic mass is 15.3. The maximum Gasteiger partial charge on any atom is 0.240 e. The Morgan fingerprint density at radius 1 is 0.538 bits per heavy atom. The van der Waals surface area contributed by atoms with Crippen LogP contribution in [0.3, 0.4) is 0 Å². The van der Waals surface area contributed by atoms with E-state index >= 15 is 0 Å². The first-order valence-corrected chi connectivity index (χ1v) is 17.3. The van der Waals surface area contributed by atoms with Gasteiger partial charge in [0.25, 0.3) is 0 Å². The zero-order valence-corrected chi connectivity index (χ0v) is 29.2. The van der Waals surface area contributed by atoms with Gasteiger partial charge >= 0.3 is 0 Å². The predicted molar refractivity (Wildman–Crippen MR) is 220 cm³/mol. The summed E-state index contributed by atoms with van der Waals surface area (Å²) >= 11 is 0. The molecule has 1 heterocycles. The van der Waals surface area contributed by atoms with Crippen LogP contribution < -0.4 is 9.80 Å². The minimum atomic E-state index is 0.504. The van der Waals surface area contributed by atoms with Crippen LogP contribution in [0.15, 0.2) is 208 Å². The van der Waals surface area contributed by atoms with E-state index in [0.29, 0.717) is 24.3 Å². The summed E-state index contributed by atoms with van der Waals surface area (Å²) in [6.45, 7) is 12.3. The molecule has 0 amide bonds. The Bertz CT molecular complexity index is 2200. The lowest BCUT2D eigenvalue weighted by Gasteiger charge is -2.27. The molecule has 5 aromatic carbocycles. The van der Waals surface area contributed by atoms with Gasteiger partial charge in [-0.2, -0.15) is 15.0 Å². The van der Waals surface area contributed by atoms with Crippen molar-refractivity contribution in [3.63, 3.8) is 0 Å². The van der Waals surface area contributed by atoms with Crippen molar-refractivity contribution in [1.82, 2.24) is 15.0 Å². The van der Waals surface area contributed by atoms with E-state index < -0.39 is 0 Å². The molecule has 0 bridgehead atoms. The second-order valence-corrected chi connectivity index (χ2v) is 11.8. The summed E-state index contributed by atoms with van der Waals surface area (Å²) in [6, 6.07) is 47.5. The van der Waals surface area contributed by atoms with Crippen molar-refractivity contribution >= 4 is 34.5 Å². The third-order valence-corrected chi connectivity index (χ3v) is 8.33. The standard InChI is InChI=1S/C47H41N5/c1-4-7-8-9-10-20-34-51(43-32-21-28-40(35-43)37(6-3)23-5-2)46-48-45(39-26-16-12-17-27-39)49-47(50-46)52(42-30-18-13-19-31-42)44-33-22-29-41(36-44)38-24-14-11-15-25-38/h4-19,21-33,35-36H,1-3,20,34H2/b8-7-,10-9-,37-23+. The van der Waals surface area contributed by atoms with E-state index in [0.717, 1.165) is 51.3 Å². The molecule has 0 fully saturated rings. The minimum Gasteiger partial charge on any atom is -0.310 e. The normalized spacial score (nSPS) is 11.4. The molecule has 5 nitrogen and oxygen atoms in total. The highest BCUT2D eigenvalue weighted by Gasteiger charge is 2.22. The van der Waals surface area contributed by atoms with Crippen molar-refractivity contribution in [2.45, 2.75) is 6.42 Å². The lowest BCUT2D eigenvalue weighted by Crippen LogP contribution is -2.23. The van der Waals surface area contributed by atoms with Gasteiger partial charge in [0.15, 0.2) is 5.82 Å². The first-order valence-electron chi connectivity index (χ1n) is 17.3. The lowest BCUT2D eigenvalue weighted by molar-refractivity contribution is 0.877. The van der Waals surface area contributed by atoms with Crippen LogP contribution in [0, 0.1) is 0 Å². The molecular weight excluding hydrogens is 635 g/mol. The van der Waals surface area contributed by atoms with Gasteiger partial charge in [-0.05, 0) is 65.1 Å². The Morgan fingerprint density at radius 2 is 1.17 bits per heavy atom. The molecule has 0 aliphatic rings. The van der Waals surface area contributed by atoms with Crippen LogP contribution in [0.2, 0.25) is 0 Å². The first kappa shape index (κ1) is 35.0. The molecule has 6 aromatic rings. The first-order chi connectivity index (χ1) is 25.7. The van der Waals surface area contributed by atoms with Crippen molar-refractivity contribution < 1.29 is 0 Å². The maximum atomic E-state index is 5.28. The Labute approximate surface area is 307 Å². The quantitative estimate of drug-likeness (QED) is 0.101. The largest absolute Gasteiger partial charge is 0.310 e. The number of para-hydroxylation sites is 1. The van der Waals surface area contributed by atoms with Gasteiger partial charge in [-0.1, -0.05) is 171 Å². The molecule has 0 saturated carbocycles. The Hall–Kier alpha value is -6.85. The number of hydrogen-bond donors (Lipinski definition) is 0. The molecule has 0 N–H and O–H groups in total. The van der Waals surface area contributed by atoms with E-state index in [1.807, 2.05) is 91.0 Å². The average Bonchev–Trinajstić information content (AvgIpc) is 3.21. The summed E-state index contributed by atoms with van der Waals surface area (Å²) < 4.78 is 0. The molecule has 0 atom stereocenters. The highest BCUT2D eigenvalue weighted by Crippen LogP contribution is 2.37. The number of aromatic nitrogens is 3. The van der Waals surface area contributed by atoms with E-state index in [2.05, 4.69) is 114 Å². The molecule has 0 aliphatic carbocycles. The Kier molecular flexibility index (Phi) is 11.9. The van der Waals surface area contributed by atoms with E-state index in [9.17, 15) is 0 Å².